The van der Waals surface area contributed by atoms with Crippen molar-refractivity contribution in [3.05, 3.63) is 35.9 Å². The number of nitrogens with zero attached hydrogens (tertiary/aromatic N) is 3. The van der Waals surface area contributed by atoms with Crippen LogP contribution in [0.5, 0.6) is 0 Å². The first-order valence-electron chi connectivity index (χ1n) is 11.8. The standard InChI is InChI=1S/C24H35N5O3/c1-18-8-6-7-11-24(18)22(31)29(23(32)26-24)17-21(30)25-20(19-9-4-3-5-10-19)16-28-14-12-27(2)13-15-28/h3-5,9-10,18,20H,6-8,11-17H2,1-2H3,(H,25,30)(H,26,32). The molecule has 3 fully saturated rings. The second kappa shape index (κ2) is 9.58. The zero-order valence-corrected chi connectivity index (χ0v) is 19.2. The zero-order valence-electron chi connectivity index (χ0n) is 19.2. The number of rotatable bonds is 6. The van der Waals surface area contributed by atoms with E-state index in [0.29, 0.717) is 13.0 Å². The molecule has 0 radical (unpaired) electrons. The number of nitrogens with one attached hydrogen (secondary N) is 2. The topological polar surface area (TPSA) is 85.0 Å². The molecule has 4 amide bonds. The molecule has 3 aliphatic rings. The van der Waals surface area contributed by atoms with Crippen molar-refractivity contribution in [3.8, 4) is 0 Å². The lowest BCUT2D eigenvalue weighted by Gasteiger charge is -2.37. The maximum Gasteiger partial charge on any atom is 0.325 e. The van der Waals surface area contributed by atoms with Crippen molar-refractivity contribution in [1.82, 2.24) is 25.3 Å². The minimum absolute atomic E-state index is 0.0788. The highest BCUT2D eigenvalue weighted by Gasteiger charge is 2.55. The fourth-order valence-corrected chi connectivity index (χ4v) is 5.23. The number of piperazine rings is 1. The molecule has 0 aromatic heterocycles. The van der Waals surface area contributed by atoms with E-state index in [4.69, 9.17) is 0 Å². The summed E-state index contributed by atoms with van der Waals surface area (Å²) in [5, 5.41) is 6.02. The van der Waals surface area contributed by atoms with Gasteiger partial charge in [0.2, 0.25) is 5.91 Å². The number of carbonyl (C=O) groups is 3. The second-order valence-corrected chi connectivity index (χ2v) is 9.57. The molecular weight excluding hydrogens is 406 g/mol. The lowest BCUT2D eigenvalue weighted by atomic mass is 9.73. The Kier molecular flexibility index (Phi) is 6.81. The quantitative estimate of drug-likeness (QED) is 0.655. The lowest BCUT2D eigenvalue weighted by molar-refractivity contribution is -0.137. The van der Waals surface area contributed by atoms with Crippen LogP contribution in [-0.4, -0.2) is 84.4 Å². The third kappa shape index (κ3) is 4.66. The minimum atomic E-state index is -0.839. The second-order valence-electron chi connectivity index (χ2n) is 9.57. The predicted molar refractivity (Wildman–Crippen MR) is 122 cm³/mol. The number of hydrogen-bond acceptors (Lipinski definition) is 5. The van der Waals surface area contributed by atoms with E-state index in [0.717, 1.165) is 55.9 Å². The summed E-state index contributed by atoms with van der Waals surface area (Å²) in [4.78, 5) is 44.6. The molecular formula is C24H35N5O3. The van der Waals surface area contributed by atoms with Gasteiger partial charge in [-0.2, -0.15) is 0 Å². The SMILES string of the molecule is CC1CCCCC12NC(=O)N(CC(=O)NC(CN1CCN(C)CC1)c1ccccc1)C2=O. The Morgan fingerprint density at radius 1 is 1.16 bits per heavy atom. The Morgan fingerprint density at radius 3 is 2.56 bits per heavy atom. The van der Waals surface area contributed by atoms with Crippen molar-refractivity contribution in [1.29, 1.82) is 0 Å². The normalized spacial score (nSPS) is 28.1. The molecule has 32 heavy (non-hydrogen) atoms. The minimum Gasteiger partial charge on any atom is -0.346 e. The first kappa shape index (κ1) is 22.7. The van der Waals surface area contributed by atoms with Gasteiger partial charge in [-0.15, -0.1) is 0 Å². The summed E-state index contributed by atoms with van der Waals surface area (Å²) in [6.45, 7) is 6.36. The number of benzene rings is 1. The van der Waals surface area contributed by atoms with Gasteiger partial charge in [-0.25, -0.2) is 4.79 Å². The van der Waals surface area contributed by atoms with Gasteiger partial charge in [0.15, 0.2) is 0 Å². The molecule has 174 valence electrons. The van der Waals surface area contributed by atoms with E-state index in [-0.39, 0.29) is 30.3 Å². The molecule has 2 saturated heterocycles. The van der Waals surface area contributed by atoms with Crippen LogP contribution in [0, 0.1) is 5.92 Å². The number of imide groups is 1. The smallest absolute Gasteiger partial charge is 0.325 e. The number of amides is 4. The average molecular weight is 442 g/mol. The van der Waals surface area contributed by atoms with E-state index in [1.54, 1.807) is 0 Å². The molecule has 8 heteroatoms. The highest BCUT2D eigenvalue weighted by atomic mass is 16.2. The Labute approximate surface area is 190 Å². The van der Waals surface area contributed by atoms with Gasteiger partial charge in [0.05, 0.1) is 6.04 Å². The molecule has 1 spiro atoms. The largest absolute Gasteiger partial charge is 0.346 e. The molecule has 1 aromatic rings. The summed E-state index contributed by atoms with van der Waals surface area (Å²) in [7, 11) is 2.12. The van der Waals surface area contributed by atoms with Crippen LogP contribution in [-0.2, 0) is 9.59 Å². The fraction of sp³-hybridized carbons (Fsp3) is 0.625. The van der Waals surface area contributed by atoms with Crippen molar-refractivity contribution >= 4 is 17.8 Å². The van der Waals surface area contributed by atoms with Gasteiger partial charge >= 0.3 is 6.03 Å². The molecule has 1 aliphatic carbocycles. The molecule has 2 N–H and O–H groups in total. The molecule has 1 saturated carbocycles. The molecule has 1 aromatic carbocycles. The maximum atomic E-state index is 13.2. The molecule has 4 rings (SSSR count). The van der Waals surface area contributed by atoms with E-state index in [1.165, 1.54) is 0 Å². The predicted octanol–water partition coefficient (Wildman–Crippen LogP) is 1.59. The number of carbonyl (C=O) groups excluding carboxylic acids is 3. The van der Waals surface area contributed by atoms with E-state index in [2.05, 4.69) is 27.5 Å². The monoisotopic (exact) mass is 441 g/mol. The molecule has 8 nitrogen and oxygen atoms in total. The van der Waals surface area contributed by atoms with Crippen molar-refractivity contribution in [3.63, 3.8) is 0 Å². The fourth-order valence-electron chi connectivity index (χ4n) is 5.23. The van der Waals surface area contributed by atoms with Crippen molar-refractivity contribution in [2.24, 2.45) is 5.92 Å². The number of hydrogen-bond donors (Lipinski definition) is 2. The van der Waals surface area contributed by atoms with Crippen LogP contribution in [0.2, 0.25) is 0 Å². The molecule has 0 bridgehead atoms. The first-order valence-corrected chi connectivity index (χ1v) is 11.8. The van der Waals surface area contributed by atoms with Crippen LogP contribution in [0.25, 0.3) is 0 Å². The molecule has 3 atom stereocenters. The van der Waals surface area contributed by atoms with Gasteiger partial charge in [-0.1, -0.05) is 50.1 Å². The van der Waals surface area contributed by atoms with Crippen LogP contribution >= 0.6 is 0 Å². The van der Waals surface area contributed by atoms with E-state index >= 15 is 0 Å². The summed E-state index contributed by atoms with van der Waals surface area (Å²) in [5.74, 6) is -0.479. The van der Waals surface area contributed by atoms with Crippen LogP contribution in [0.4, 0.5) is 4.79 Å². The van der Waals surface area contributed by atoms with Gasteiger partial charge < -0.3 is 15.5 Å². The van der Waals surface area contributed by atoms with Crippen molar-refractivity contribution < 1.29 is 14.4 Å². The lowest BCUT2D eigenvalue weighted by Crippen LogP contribution is -2.54. The average Bonchev–Trinajstić information content (AvgIpc) is 3.02. The summed E-state index contributed by atoms with van der Waals surface area (Å²) >= 11 is 0. The first-order chi connectivity index (χ1) is 15.4. The van der Waals surface area contributed by atoms with E-state index < -0.39 is 11.6 Å². The van der Waals surface area contributed by atoms with Crippen LogP contribution in [0.3, 0.4) is 0 Å². The number of likely N-dealkylation sites (N-methyl/N-ethyl adjacent to an activating group) is 1. The van der Waals surface area contributed by atoms with E-state index in [9.17, 15) is 14.4 Å². The summed E-state index contributed by atoms with van der Waals surface area (Å²) in [6, 6.07) is 9.25. The number of urea groups is 1. The van der Waals surface area contributed by atoms with Gasteiger partial charge in [-0.3, -0.25) is 19.4 Å². The Bertz CT molecular complexity index is 839. The van der Waals surface area contributed by atoms with Crippen molar-refractivity contribution in [2.75, 3.05) is 46.3 Å². The summed E-state index contributed by atoms with van der Waals surface area (Å²) < 4.78 is 0. The Morgan fingerprint density at radius 2 is 1.88 bits per heavy atom. The van der Waals surface area contributed by atoms with Gasteiger partial charge in [-0.05, 0) is 31.4 Å². The zero-order chi connectivity index (χ0) is 22.7. The Balaban J connectivity index is 1.43. The third-order valence-electron chi connectivity index (χ3n) is 7.38. The molecule has 2 aliphatic heterocycles. The maximum absolute atomic E-state index is 13.2. The molecule has 3 unspecified atom stereocenters. The highest BCUT2D eigenvalue weighted by molar-refractivity contribution is 6.09. The highest BCUT2D eigenvalue weighted by Crippen LogP contribution is 2.38. The van der Waals surface area contributed by atoms with Crippen LogP contribution in [0.1, 0.15) is 44.2 Å². The van der Waals surface area contributed by atoms with Crippen molar-refractivity contribution in [2.45, 2.75) is 44.2 Å². The van der Waals surface area contributed by atoms with Gasteiger partial charge in [0, 0.05) is 32.7 Å². The molecule has 2 heterocycles. The summed E-state index contributed by atoms with van der Waals surface area (Å²) in [5.41, 5.74) is 0.184. The van der Waals surface area contributed by atoms with Crippen LogP contribution < -0.4 is 10.6 Å². The van der Waals surface area contributed by atoms with Gasteiger partial charge in [0.1, 0.15) is 12.1 Å². The third-order valence-corrected chi connectivity index (χ3v) is 7.38. The van der Waals surface area contributed by atoms with Crippen LogP contribution in [0.15, 0.2) is 30.3 Å². The van der Waals surface area contributed by atoms with Gasteiger partial charge in [0.25, 0.3) is 5.91 Å². The summed E-state index contributed by atoms with van der Waals surface area (Å²) in [6.07, 6.45) is 3.54. The van der Waals surface area contributed by atoms with E-state index in [1.807, 2.05) is 37.3 Å². The Hall–Kier alpha value is -2.45.